The summed E-state index contributed by atoms with van der Waals surface area (Å²) in [4.78, 5) is 31.1. The average Bonchev–Trinajstić information content (AvgIpc) is 2.76. The van der Waals surface area contributed by atoms with E-state index in [-0.39, 0.29) is 11.7 Å². The minimum absolute atomic E-state index is 0.224. The fraction of sp³-hybridized carbons (Fsp3) is 0.688. The van der Waals surface area contributed by atoms with Gasteiger partial charge in [0.05, 0.1) is 13.2 Å². The molecule has 0 aliphatic carbocycles. The second-order valence-electron chi connectivity index (χ2n) is 6.92. The Kier molecular flexibility index (Phi) is 6.18. The van der Waals surface area contributed by atoms with E-state index in [9.17, 15) is 9.59 Å². The van der Waals surface area contributed by atoms with E-state index in [0.717, 1.165) is 0 Å². The zero-order chi connectivity index (χ0) is 17.8. The second kappa shape index (κ2) is 7.48. The first-order valence-corrected chi connectivity index (χ1v) is 7.67. The van der Waals surface area contributed by atoms with E-state index >= 15 is 0 Å². The van der Waals surface area contributed by atoms with Crippen LogP contribution in [0, 0.1) is 12.8 Å². The molecule has 0 aromatic carbocycles. The van der Waals surface area contributed by atoms with Gasteiger partial charge in [-0.15, -0.1) is 0 Å². The molecule has 23 heavy (non-hydrogen) atoms. The van der Waals surface area contributed by atoms with Crippen molar-refractivity contribution in [1.82, 2.24) is 15.3 Å². The van der Waals surface area contributed by atoms with Gasteiger partial charge in [-0.25, -0.2) is 14.6 Å². The minimum atomic E-state index is -0.581. The zero-order valence-electron chi connectivity index (χ0n) is 14.9. The van der Waals surface area contributed by atoms with E-state index < -0.39 is 17.7 Å². The van der Waals surface area contributed by atoms with E-state index in [0.29, 0.717) is 23.9 Å². The standard InChI is InChI=1S/C16H27N3O4/c1-9(2)8-11(18-15(21)23-16(4,5)6)13-17-10(3)12(19-13)14(20)22-7/h9,11H,8H2,1-7H3,(H,17,19)(H,18,21)/t11-/m0/s1. The Morgan fingerprint density at radius 2 is 1.91 bits per heavy atom. The van der Waals surface area contributed by atoms with Gasteiger partial charge in [0.15, 0.2) is 5.69 Å². The highest BCUT2D eigenvalue weighted by Gasteiger charge is 2.25. The smallest absolute Gasteiger partial charge is 0.408 e. The summed E-state index contributed by atoms with van der Waals surface area (Å²) in [5.41, 5.74) is 0.247. The summed E-state index contributed by atoms with van der Waals surface area (Å²) in [6.07, 6.45) is 0.143. The Labute approximate surface area is 137 Å². The third kappa shape index (κ3) is 5.92. The number of carbonyl (C=O) groups is 2. The highest BCUT2D eigenvalue weighted by Crippen LogP contribution is 2.21. The van der Waals surface area contributed by atoms with Crippen molar-refractivity contribution >= 4 is 12.1 Å². The van der Waals surface area contributed by atoms with Gasteiger partial charge in [-0.3, -0.25) is 0 Å². The van der Waals surface area contributed by atoms with Crippen molar-refractivity contribution in [3.05, 3.63) is 17.2 Å². The van der Waals surface area contributed by atoms with Gasteiger partial charge in [0.2, 0.25) is 0 Å². The van der Waals surface area contributed by atoms with Crippen LogP contribution in [-0.2, 0) is 9.47 Å². The number of H-pyrrole nitrogens is 1. The molecule has 1 aromatic heterocycles. The number of imidazole rings is 1. The van der Waals surface area contributed by atoms with Gasteiger partial charge in [0.1, 0.15) is 11.4 Å². The van der Waals surface area contributed by atoms with Gasteiger partial charge in [-0.1, -0.05) is 13.8 Å². The maximum Gasteiger partial charge on any atom is 0.408 e. The van der Waals surface area contributed by atoms with Crippen LogP contribution in [0.5, 0.6) is 0 Å². The molecule has 130 valence electrons. The van der Waals surface area contributed by atoms with E-state index in [1.54, 1.807) is 27.7 Å². The predicted octanol–water partition coefficient (Wildman–Crippen LogP) is 3.12. The highest BCUT2D eigenvalue weighted by molar-refractivity contribution is 5.88. The molecule has 7 heteroatoms. The number of aromatic amines is 1. The molecule has 0 spiro atoms. The molecule has 1 aromatic rings. The monoisotopic (exact) mass is 325 g/mol. The number of amides is 1. The SMILES string of the molecule is COC(=O)c1nc([C@H](CC(C)C)NC(=O)OC(C)(C)C)[nH]c1C. The molecule has 0 saturated heterocycles. The summed E-state index contributed by atoms with van der Waals surface area (Å²) >= 11 is 0. The molecule has 0 fully saturated rings. The number of aryl methyl sites for hydroxylation is 1. The van der Waals surface area contributed by atoms with E-state index in [1.807, 2.05) is 13.8 Å². The average molecular weight is 325 g/mol. The minimum Gasteiger partial charge on any atom is -0.464 e. The Hall–Kier alpha value is -2.05. The number of hydrogen-bond acceptors (Lipinski definition) is 5. The van der Waals surface area contributed by atoms with Crippen LogP contribution in [-0.4, -0.2) is 34.7 Å². The van der Waals surface area contributed by atoms with Crippen molar-refractivity contribution in [2.75, 3.05) is 7.11 Å². The van der Waals surface area contributed by atoms with Gasteiger partial charge in [0, 0.05) is 5.69 Å². The molecular formula is C16H27N3O4. The van der Waals surface area contributed by atoms with Crippen LogP contribution in [0.15, 0.2) is 0 Å². The Morgan fingerprint density at radius 1 is 1.30 bits per heavy atom. The molecule has 1 amide bonds. The summed E-state index contributed by atoms with van der Waals surface area (Å²) < 4.78 is 10.00. The topological polar surface area (TPSA) is 93.3 Å². The quantitative estimate of drug-likeness (QED) is 0.811. The number of aromatic nitrogens is 2. The second-order valence-corrected chi connectivity index (χ2v) is 6.92. The third-order valence-corrected chi connectivity index (χ3v) is 3.01. The van der Waals surface area contributed by atoms with Crippen LogP contribution < -0.4 is 5.32 Å². The molecule has 7 nitrogen and oxygen atoms in total. The van der Waals surface area contributed by atoms with Crippen molar-refractivity contribution in [3.8, 4) is 0 Å². The van der Waals surface area contributed by atoms with E-state index in [2.05, 4.69) is 15.3 Å². The Balaban J connectivity index is 2.98. The molecule has 1 rings (SSSR count). The molecule has 0 radical (unpaired) electrons. The van der Waals surface area contributed by atoms with E-state index in [4.69, 9.17) is 9.47 Å². The maximum atomic E-state index is 12.0. The van der Waals surface area contributed by atoms with Crippen molar-refractivity contribution in [1.29, 1.82) is 0 Å². The number of alkyl carbamates (subject to hydrolysis) is 1. The molecule has 0 saturated carbocycles. The van der Waals surface area contributed by atoms with Crippen molar-refractivity contribution in [2.45, 2.75) is 59.6 Å². The lowest BCUT2D eigenvalue weighted by atomic mass is 10.0. The molecular weight excluding hydrogens is 298 g/mol. The molecule has 1 atom stereocenters. The molecule has 1 heterocycles. The molecule has 0 aliphatic rings. The molecule has 0 bridgehead atoms. The fourth-order valence-electron chi connectivity index (χ4n) is 2.10. The summed E-state index contributed by atoms with van der Waals surface area (Å²) in [5.74, 6) is 0.329. The van der Waals surface area contributed by atoms with Crippen molar-refractivity contribution in [2.24, 2.45) is 5.92 Å². The predicted molar refractivity (Wildman–Crippen MR) is 86.2 cm³/mol. The number of nitrogens with zero attached hydrogens (tertiary/aromatic N) is 1. The summed E-state index contributed by atoms with van der Waals surface area (Å²) in [7, 11) is 1.31. The van der Waals surface area contributed by atoms with Crippen LogP contribution >= 0.6 is 0 Å². The van der Waals surface area contributed by atoms with E-state index in [1.165, 1.54) is 7.11 Å². The van der Waals surface area contributed by atoms with Crippen LogP contribution in [0.2, 0.25) is 0 Å². The van der Waals surface area contributed by atoms with Crippen molar-refractivity contribution in [3.63, 3.8) is 0 Å². The number of rotatable bonds is 5. The first-order chi connectivity index (χ1) is 10.5. The number of nitrogens with one attached hydrogen (secondary N) is 2. The number of ether oxygens (including phenoxy) is 2. The number of methoxy groups -OCH3 is 1. The normalized spacial score (nSPS) is 12.9. The van der Waals surface area contributed by atoms with Crippen molar-refractivity contribution < 1.29 is 19.1 Å². The molecule has 2 N–H and O–H groups in total. The van der Waals surface area contributed by atoms with Gasteiger partial charge in [0.25, 0.3) is 0 Å². The lowest BCUT2D eigenvalue weighted by Crippen LogP contribution is -2.36. The molecule has 0 unspecified atom stereocenters. The Morgan fingerprint density at radius 3 is 2.39 bits per heavy atom. The lowest BCUT2D eigenvalue weighted by Gasteiger charge is -2.23. The largest absolute Gasteiger partial charge is 0.464 e. The van der Waals surface area contributed by atoms with Crippen LogP contribution in [0.25, 0.3) is 0 Å². The summed E-state index contributed by atoms with van der Waals surface area (Å²) in [6.45, 7) is 11.2. The Bertz CT molecular complexity index is 558. The third-order valence-electron chi connectivity index (χ3n) is 3.01. The molecule has 0 aliphatic heterocycles. The van der Waals surface area contributed by atoms with Crippen LogP contribution in [0.4, 0.5) is 4.79 Å². The maximum absolute atomic E-state index is 12.0. The summed E-state index contributed by atoms with van der Waals surface area (Å²) in [6, 6.07) is -0.373. The highest BCUT2D eigenvalue weighted by atomic mass is 16.6. The van der Waals surface area contributed by atoms with Crippen LogP contribution in [0.3, 0.4) is 0 Å². The number of carbonyl (C=O) groups excluding carboxylic acids is 2. The van der Waals surface area contributed by atoms with Gasteiger partial charge < -0.3 is 19.8 Å². The van der Waals surface area contributed by atoms with Gasteiger partial charge in [-0.05, 0) is 40.0 Å². The van der Waals surface area contributed by atoms with Gasteiger partial charge >= 0.3 is 12.1 Å². The van der Waals surface area contributed by atoms with Gasteiger partial charge in [-0.2, -0.15) is 0 Å². The fourth-order valence-corrected chi connectivity index (χ4v) is 2.10. The first-order valence-electron chi connectivity index (χ1n) is 7.67. The number of esters is 1. The number of hydrogen-bond donors (Lipinski definition) is 2. The lowest BCUT2D eigenvalue weighted by molar-refractivity contribution is 0.0495. The van der Waals surface area contributed by atoms with Crippen LogP contribution in [0.1, 0.15) is 69.1 Å². The summed E-state index contributed by atoms with van der Waals surface area (Å²) in [5, 5.41) is 2.81. The first kappa shape index (κ1) is 19.0. The zero-order valence-corrected chi connectivity index (χ0v) is 14.9.